The van der Waals surface area contributed by atoms with Crippen LogP contribution in [0.3, 0.4) is 0 Å². The molecule has 0 aliphatic carbocycles. The molecule has 0 atom stereocenters. The van der Waals surface area contributed by atoms with Crippen LogP contribution in [0.15, 0.2) is 53.3 Å². The van der Waals surface area contributed by atoms with E-state index in [0.717, 1.165) is 5.56 Å². The number of halogens is 2. The fraction of sp³-hybridized carbons (Fsp3) is 0. The van der Waals surface area contributed by atoms with Gasteiger partial charge in [0.05, 0.1) is 0 Å². The minimum absolute atomic E-state index is 0.00673. The molecular formula is C17H9Cl2N3O. The Morgan fingerprint density at radius 1 is 0.913 bits per heavy atom. The van der Waals surface area contributed by atoms with Crippen molar-refractivity contribution in [3.8, 4) is 28.5 Å². The second-order valence-corrected chi connectivity index (χ2v) is 5.65. The van der Waals surface area contributed by atoms with Gasteiger partial charge in [0.1, 0.15) is 17.3 Å². The Labute approximate surface area is 141 Å². The van der Waals surface area contributed by atoms with Gasteiger partial charge >= 0.3 is 0 Å². The zero-order valence-electron chi connectivity index (χ0n) is 11.7. The smallest absolute Gasteiger partial charge is 0.266 e. The summed E-state index contributed by atoms with van der Waals surface area (Å²) in [5.41, 5.74) is 1.87. The summed E-state index contributed by atoms with van der Waals surface area (Å²) in [5, 5.41) is 17.0. The molecule has 0 aliphatic rings. The maximum Gasteiger partial charge on any atom is 0.282 e. The highest BCUT2D eigenvalue weighted by molar-refractivity contribution is 6.31. The number of H-pyrrole nitrogens is 1. The first-order valence-electron chi connectivity index (χ1n) is 6.65. The minimum atomic E-state index is -0.532. The van der Waals surface area contributed by atoms with E-state index in [4.69, 9.17) is 23.2 Å². The Balaban J connectivity index is 2.33. The maximum atomic E-state index is 12.0. The molecule has 0 aliphatic heterocycles. The molecule has 6 heteroatoms. The standard InChI is InChI=1S/C17H9Cl2N3O/c18-12-5-1-10(2-6-12)15-14(9-20)17(23)22-21-16(15)11-3-7-13(19)8-4-11/h1-8H,(H,22,23). The fourth-order valence-electron chi connectivity index (χ4n) is 2.27. The van der Waals surface area contributed by atoms with Gasteiger partial charge in [0.15, 0.2) is 0 Å². The molecule has 0 bridgehead atoms. The van der Waals surface area contributed by atoms with Gasteiger partial charge in [0, 0.05) is 21.2 Å². The second kappa shape index (κ2) is 6.25. The monoisotopic (exact) mass is 341 g/mol. The Kier molecular flexibility index (Phi) is 4.16. The molecule has 0 saturated carbocycles. The summed E-state index contributed by atoms with van der Waals surface area (Å²) in [5.74, 6) is 0. The average molecular weight is 342 g/mol. The Morgan fingerprint density at radius 2 is 1.43 bits per heavy atom. The molecule has 0 saturated heterocycles. The summed E-state index contributed by atoms with van der Waals surface area (Å²) in [6.45, 7) is 0. The van der Waals surface area contributed by atoms with Gasteiger partial charge in [-0.05, 0) is 29.8 Å². The largest absolute Gasteiger partial charge is 0.282 e. The second-order valence-electron chi connectivity index (χ2n) is 4.78. The normalized spacial score (nSPS) is 10.3. The van der Waals surface area contributed by atoms with Crippen LogP contribution < -0.4 is 5.56 Å². The molecule has 0 amide bonds. The quantitative estimate of drug-likeness (QED) is 0.756. The Morgan fingerprint density at radius 3 is 1.96 bits per heavy atom. The van der Waals surface area contributed by atoms with Crippen LogP contribution in [-0.2, 0) is 0 Å². The number of nitrogens with one attached hydrogen (secondary N) is 1. The molecule has 3 aromatic rings. The van der Waals surface area contributed by atoms with E-state index in [2.05, 4.69) is 10.2 Å². The molecule has 0 spiro atoms. The number of benzene rings is 2. The van der Waals surface area contributed by atoms with E-state index in [0.29, 0.717) is 26.9 Å². The van der Waals surface area contributed by atoms with Crippen molar-refractivity contribution in [2.45, 2.75) is 0 Å². The lowest BCUT2D eigenvalue weighted by Gasteiger charge is -2.10. The zero-order chi connectivity index (χ0) is 16.4. The average Bonchev–Trinajstić information content (AvgIpc) is 2.56. The van der Waals surface area contributed by atoms with Crippen molar-refractivity contribution in [3.63, 3.8) is 0 Å². The Bertz CT molecular complexity index is 955. The predicted molar refractivity (Wildman–Crippen MR) is 90.5 cm³/mol. The van der Waals surface area contributed by atoms with Crippen LogP contribution in [-0.4, -0.2) is 10.2 Å². The number of aromatic nitrogens is 2. The molecule has 23 heavy (non-hydrogen) atoms. The third-order valence-electron chi connectivity index (χ3n) is 3.35. The molecule has 1 N–H and O–H groups in total. The maximum absolute atomic E-state index is 12.0. The van der Waals surface area contributed by atoms with E-state index in [-0.39, 0.29) is 5.56 Å². The van der Waals surface area contributed by atoms with Crippen LogP contribution in [0.2, 0.25) is 10.0 Å². The van der Waals surface area contributed by atoms with Crippen molar-refractivity contribution in [2.75, 3.05) is 0 Å². The third-order valence-corrected chi connectivity index (χ3v) is 3.85. The van der Waals surface area contributed by atoms with E-state index in [9.17, 15) is 10.1 Å². The van der Waals surface area contributed by atoms with Crippen molar-refractivity contribution in [1.29, 1.82) is 5.26 Å². The summed E-state index contributed by atoms with van der Waals surface area (Å²) in [7, 11) is 0. The highest BCUT2D eigenvalue weighted by Gasteiger charge is 2.17. The molecule has 2 aromatic carbocycles. The number of hydrogen-bond donors (Lipinski definition) is 1. The van der Waals surface area contributed by atoms with Crippen molar-refractivity contribution >= 4 is 23.2 Å². The summed E-state index contributed by atoms with van der Waals surface area (Å²) in [6, 6.07) is 15.9. The van der Waals surface area contributed by atoms with Gasteiger partial charge in [0.2, 0.25) is 0 Å². The number of aromatic amines is 1. The van der Waals surface area contributed by atoms with E-state index in [1.165, 1.54) is 0 Å². The van der Waals surface area contributed by atoms with E-state index < -0.39 is 5.56 Å². The lowest BCUT2D eigenvalue weighted by Crippen LogP contribution is -2.15. The number of nitrogens with zero attached hydrogens (tertiary/aromatic N) is 2. The van der Waals surface area contributed by atoms with Crippen molar-refractivity contribution in [3.05, 3.63) is 74.5 Å². The summed E-state index contributed by atoms with van der Waals surface area (Å²) in [6.07, 6.45) is 0. The van der Waals surface area contributed by atoms with Gasteiger partial charge in [-0.2, -0.15) is 10.4 Å². The molecule has 1 heterocycles. The van der Waals surface area contributed by atoms with Gasteiger partial charge in [-0.3, -0.25) is 4.79 Å². The molecule has 4 nitrogen and oxygen atoms in total. The molecule has 0 fully saturated rings. The van der Waals surface area contributed by atoms with Crippen LogP contribution in [0.4, 0.5) is 0 Å². The zero-order valence-corrected chi connectivity index (χ0v) is 13.2. The lowest BCUT2D eigenvalue weighted by molar-refractivity contribution is 0.990. The molecule has 3 rings (SSSR count). The first kappa shape index (κ1) is 15.3. The van der Waals surface area contributed by atoms with Gasteiger partial charge in [-0.1, -0.05) is 47.5 Å². The minimum Gasteiger partial charge on any atom is -0.266 e. The van der Waals surface area contributed by atoms with Crippen LogP contribution in [0.1, 0.15) is 5.56 Å². The Hall–Kier alpha value is -2.61. The first-order chi connectivity index (χ1) is 11.1. The molecule has 0 unspecified atom stereocenters. The molecular weight excluding hydrogens is 333 g/mol. The fourth-order valence-corrected chi connectivity index (χ4v) is 2.52. The summed E-state index contributed by atoms with van der Waals surface area (Å²) >= 11 is 11.8. The predicted octanol–water partition coefficient (Wildman–Crippen LogP) is 4.28. The SMILES string of the molecule is N#Cc1c(-c2ccc(Cl)cc2)c(-c2ccc(Cl)cc2)n[nH]c1=O. The van der Waals surface area contributed by atoms with Gasteiger partial charge in [-0.15, -0.1) is 0 Å². The van der Waals surface area contributed by atoms with E-state index in [1.54, 1.807) is 48.5 Å². The van der Waals surface area contributed by atoms with E-state index >= 15 is 0 Å². The molecule has 112 valence electrons. The van der Waals surface area contributed by atoms with Gasteiger partial charge in [0.25, 0.3) is 5.56 Å². The summed E-state index contributed by atoms with van der Waals surface area (Å²) in [4.78, 5) is 12.0. The van der Waals surface area contributed by atoms with Gasteiger partial charge in [-0.25, -0.2) is 5.10 Å². The summed E-state index contributed by atoms with van der Waals surface area (Å²) < 4.78 is 0. The van der Waals surface area contributed by atoms with Crippen LogP contribution in [0.5, 0.6) is 0 Å². The number of hydrogen-bond acceptors (Lipinski definition) is 3. The highest BCUT2D eigenvalue weighted by Crippen LogP contribution is 2.32. The van der Waals surface area contributed by atoms with Gasteiger partial charge < -0.3 is 0 Å². The number of nitriles is 1. The van der Waals surface area contributed by atoms with E-state index in [1.807, 2.05) is 6.07 Å². The first-order valence-corrected chi connectivity index (χ1v) is 7.40. The third kappa shape index (κ3) is 2.98. The van der Waals surface area contributed by atoms with Crippen molar-refractivity contribution in [1.82, 2.24) is 10.2 Å². The van der Waals surface area contributed by atoms with Crippen LogP contribution >= 0.6 is 23.2 Å². The molecule has 1 aromatic heterocycles. The molecule has 0 radical (unpaired) electrons. The van der Waals surface area contributed by atoms with Crippen LogP contribution in [0, 0.1) is 11.3 Å². The number of rotatable bonds is 2. The van der Waals surface area contributed by atoms with Crippen molar-refractivity contribution in [2.24, 2.45) is 0 Å². The van der Waals surface area contributed by atoms with Crippen molar-refractivity contribution < 1.29 is 0 Å². The van der Waals surface area contributed by atoms with Crippen LogP contribution in [0.25, 0.3) is 22.4 Å². The highest BCUT2D eigenvalue weighted by atomic mass is 35.5. The topological polar surface area (TPSA) is 69.5 Å². The lowest BCUT2D eigenvalue weighted by atomic mass is 9.96.